The first-order valence-corrected chi connectivity index (χ1v) is 7.35. The smallest absolute Gasteiger partial charge is 0.357 e. The second-order valence-corrected chi connectivity index (χ2v) is 5.10. The van der Waals surface area contributed by atoms with Gasteiger partial charge in [0.1, 0.15) is 6.61 Å². The average Bonchev–Trinajstić information content (AvgIpc) is 2.54. The molecule has 1 aromatic heterocycles. The van der Waals surface area contributed by atoms with Crippen molar-refractivity contribution in [2.24, 2.45) is 0 Å². The van der Waals surface area contributed by atoms with E-state index in [1.807, 2.05) is 50.2 Å². The van der Waals surface area contributed by atoms with Crippen LogP contribution in [0.4, 0.5) is 0 Å². The quantitative estimate of drug-likeness (QED) is 0.766. The van der Waals surface area contributed by atoms with Crippen LogP contribution in [0.2, 0.25) is 0 Å². The summed E-state index contributed by atoms with van der Waals surface area (Å²) in [6, 6.07) is 11.6. The number of hydrogen-bond acceptors (Lipinski definition) is 4. The molecule has 0 radical (unpaired) electrons. The van der Waals surface area contributed by atoms with E-state index >= 15 is 0 Å². The van der Waals surface area contributed by atoms with Crippen molar-refractivity contribution in [2.75, 3.05) is 7.11 Å². The number of methoxy groups -OCH3 is 1. The zero-order valence-corrected chi connectivity index (χ0v) is 13.3. The minimum Gasteiger partial charge on any atom is -0.456 e. The normalized spacial score (nSPS) is 10.5. The van der Waals surface area contributed by atoms with Crippen LogP contribution < -0.4 is 0 Å². The lowest BCUT2D eigenvalue weighted by Gasteiger charge is -2.13. The third-order valence-corrected chi connectivity index (χ3v) is 3.42. The molecule has 22 heavy (non-hydrogen) atoms. The largest absolute Gasteiger partial charge is 0.456 e. The molecule has 0 saturated carbocycles. The van der Waals surface area contributed by atoms with Crippen molar-refractivity contribution >= 4 is 5.97 Å². The highest BCUT2D eigenvalue weighted by molar-refractivity contribution is 5.89. The van der Waals surface area contributed by atoms with Gasteiger partial charge in [0.15, 0.2) is 5.69 Å². The number of aromatic nitrogens is 1. The summed E-state index contributed by atoms with van der Waals surface area (Å²) in [5.41, 5.74) is 4.00. The van der Waals surface area contributed by atoms with Crippen LogP contribution in [0.15, 0.2) is 36.4 Å². The summed E-state index contributed by atoms with van der Waals surface area (Å²) in [5.74, 6) is -0.408. The highest BCUT2D eigenvalue weighted by Gasteiger charge is 2.18. The Kier molecular flexibility index (Phi) is 5.67. The minimum absolute atomic E-state index is 0.239. The Balaban J connectivity index is 2.22. The third kappa shape index (κ3) is 3.92. The summed E-state index contributed by atoms with van der Waals surface area (Å²) in [7, 11) is 1.61. The maximum atomic E-state index is 12.4. The monoisotopic (exact) mass is 299 g/mol. The second-order valence-electron chi connectivity index (χ2n) is 5.10. The van der Waals surface area contributed by atoms with E-state index in [1.54, 1.807) is 7.11 Å². The van der Waals surface area contributed by atoms with E-state index in [1.165, 1.54) is 0 Å². The fourth-order valence-electron chi connectivity index (χ4n) is 2.35. The Morgan fingerprint density at radius 3 is 2.55 bits per heavy atom. The molecule has 2 aromatic rings. The van der Waals surface area contributed by atoms with Crippen LogP contribution in [0.1, 0.15) is 39.8 Å². The van der Waals surface area contributed by atoms with E-state index in [0.717, 1.165) is 28.8 Å². The molecule has 1 heterocycles. The van der Waals surface area contributed by atoms with Crippen LogP contribution in [0.5, 0.6) is 0 Å². The topological polar surface area (TPSA) is 48.4 Å². The number of carbonyl (C=O) groups excluding carboxylic acids is 1. The molecular weight excluding hydrogens is 278 g/mol. The molecule has 1 aromatic carbocycles. The Morgan fingerprint density at radius 2 is 1.91 bits per heavy atom. The first kappa shape index (κ1) is 16.2. The van der Waals surface area contributed by atoms with Crippen molar-refractivity contribution in [2.45, 2.75) is 33.5 Å². The zero-order valence-electron chi connectivity index (χ0n) is 13.3. The molecule has 0 aliphatic heterocycles. The van der Waals surface area contributed by atoms with Crippen LogP contribution in [-0.4, -0.2) is 18.1 Å². The Hall–Kier alpha value is -2.20. The molecule has 0 N–H and O–H groups in total. The van der Waals surface area contributed by atoms with Crippen LogP contribution in [0.3, 0.4) is 0 Å². The summed E-state index contributed by atoms with van der Waals surface area (Å²) in [6.45, 7) is 4.52. The van der Waals surface area contributed by atoms with Crippen LogP contribution in [0, 0.1) is 6.92 Å². The predicted molar refractivity (Wildman–Crippen MR) is 84.6 cm³/mol. The molecule has 0 spiro atoms. The van der Waals surface area contributed by atoms with E-state index in [4.69, 9.17) is 9.47 Å². The Bertz CT molecular complexity index is 638. The molecular formula is C18H21NO3. The molecule has 116 valence electrons. The van der Waals surface area contributed by atoms with Crippen molar-refractivity contribution in [3.8, 4) is 0 Å². The number of aryl methyl sites for hydroxylation is 2. The van der Waals surface area contributed by atoms with E-state index in [2.05, 4.69) is 4.98 Å². The van der Waals surface area contributed by atoms with Gasteiger partial charge in [0, 0.05) is 18.4 Å². The molecule has 2 rings (SSSR count). The highest BCUT2D eigenvalue weighted by atomic mass is 16.5. The molecule has 0 fully saturated rings. The van der Waals surface area contributed by atoms with Crippen molar-refractivity contribution in [1.29, 1.82) is 0 Å². The number of ether oxygens (including phenoxy) is 2. The SMILES string of the molecule is CCc1cc(C)nc(C(=O)OCc2ccccc2)c1COC. The summed E-state index contributed by atoms with van der Waals surface area (Å²) in [4.78, 5) is 16.8. The lowest BCUT2D eigenvalue weighted by atomic mass is 10.0. The first-order chi connectivity index (χ1) is 10.7. The predicted octanol–water partition coefficient (Wildman–Crippen LogP) is 3.46. The van der Waals surface area contributed by atoms with Gasteiger partial charge in [0.05, 0.1) is 6.61 Å². The van der Waals surface area contributed by atoms with Crippen LogP contribution in [0.25, 0.3) is 0 Å². The number of esters is 1. The highest BCUT2D eigenvalue weighted by Crippen LogP contribution is 2.18. The van der Waals surface area contributed by atoms with Gasteiger partial charge in [0.25, 0.3) is 0 Å². The number of benzene rings is 1. The van der Waals surface area contributed by atoms with Crippen molar-refractivity contribution in [3.05, 3.63) is 64.5 Å². The number of hydrogen-bond donors (Lipinski definition) is 0. The van der Waals surface area contributed by atoms with Crippen molar-refractivity contribution < 1.29 is 14.3 Å². The lowest BCUT2D eigenvalue weighted by Crippen LogP contribution is -2.14. The number of pyridine rings is 1. The van der Waals surface area contributed by atoms with Gasteiger partial charge in [0.2, 0.25) is 0 Å². The molecule has 0 atom stereocenters. The van der Waals surface area contributed by atoms with E-state index in [9.17, 15) is 4.79 Å². The number of nitrogens with zero attached hydrogens (tertiary/aromatic N) is 1. The fourth-order valence-corrected chi connectivity index (χ4v) is 2.35. The third-order valence-electron chi connectivity index (χ3n) is 3.42. The summed E-state index contributed by atoms with van der Waals surface area (Å²) in [6.07, 6.45) is 0.820. The van der Waals surface area contributed by atoms with Gasteiger partial charge in [-0.05, 0) is 30.5 Å². The summed E-state index contributed by atoms with van der Waals surface area (Å²) in [5, 5.41) is 0. The standard InChI is InChI=1S/C18H21NO3/c1-4-15-10-13(2)19-17(16(15)12-21-3)18(20)22-11-14-8-6-5-7-9-14/h5-10H,4,11-12H2,1-3H3. The van der Waals surface area contributed by atoms with Gasteiger partial charge in [-0.1, -0.05) is 37.3 Å². The van der Waals surface area contributed by atoms with Crippen molar-refractivity contribution in [1.82, 2.24) is 4.98 Å². The van der Waals surface area contributed by atoms with Gasteiger partial charge in [-0.25, -0.2) is 9.78 Å². The molecule has 0 saturated heterocycles. The number of rotatable bonds is 6. The molecule has 0 aliphatic rings. The maximum absolute atomic E-state index is 12.4. The Labute approximate surface area is 131 Å². The van der Waals surface area contributed by atoms with Gasteiger partial charge in [-0.2, -0.15) is 0 Å². The summed E-state index contributed by atoms with van der Waals surface area (Å²) >= 11 is 0. The van der Waals surface area contributed by atoms with Gasteiger partial charge < -0.3 is 9.47 Å². The average molecular weight is 299 g/mol. The molecule has 0 amide bonds. The van der Waals surface area contributed by atoms with Gasteiger partial charge in [-0.15, -0.1) is 0 Å². The van der Waals surface area contributed by atoms with Gasteiger partial charge in [-0.3, -0.25) is 0 Å². The van der Waals surface area contributed by atoms with E-state index in [0.29, 0.717) is 12.3 Å². The lowest BCUT2D eigenvalue weighted by molar-refractivity contribution is 0.0460. The number of carbonyl (C=O) groups is 1. The summed E-state index contributed by atoms with van der Waals surface area (Å²) < 4.78 is 10.6. The molecule has 0 unspecified atom stereocenters. The first-order valence-electron chi connectivity index (χ1n) is 7.35. The Morgan fingerprint density at radius 1 is 1.18 bits per heavy atom. The zero-order chi connectivity index (χ0) is 15.9. The molecule has 4 heteroatoms. The molecule has 4 nitrogen and oxygen atoms in total. The molecule has 0 aliphatic carbocycles. The van der Waals surface area contributed by atoms with Crippen molar-refractivity contribution in [3.63, 3.8) is 0 Å². The van der Waals surface area contributed by atoms with E-state index in [-0.39, 0.29) is 6.61 Å². The second kappa shape index (κ2) is 7.71. The van der Waals surface area contributed by atoms with Gasteiger partial charge >= 0.3 is 5.97 Å². The van der Waals surface area contributed by atoms with Crippen LogP contribution in [-0.2, 0) is 29.1 Å². The maximum Gasteiger partial charge on any atom is 0.357 e. The van der Waals surface area contributed by atoms with Crippen LogP contribution >= 0.6 is 0 Å². The minimum atomic E-state index is -0.408. The molecule has 0 bridgehead atoms. The van der Waals surface area contributed by atoms with E-state index < -0.39 is 5.97 Å². The fraction of sp³-hybridized carbons (Fsp3) is 0.333.